The minimum absolute atomic E-state index is 0.138. The first-order valence-corrected chi connectivity index (χ1v) is 10.1. The largest absolute Gasteiger partial charge is 0.444 e. The van der Waals surface area contributed by atoms with Crippen molar-refractivity contribution in [2.75, 3.05) is 20.1 Å². The number of hydrogen-bond donors (Lipinski definition) is 0. The maximum absolute atomic E-state index is 13.2. The second kappa shape index (κ2) is 7.91. The normalized spacial score (nSPS) is 22.7. The van der Waals surface area contributed by atoms with Gasteiger partial charge in [-0.15, -0.1) is 0 Å². The van der Waals surface area contributed by atoms with E-state index >= 15 is 0 Å². The molecule has 0 unspecified atom stereocenters. The molecule has 27 heavy (non-hydrogen) atoms. The molecule has 5 nitrogen and oxygen atoms in total. The van der Waals surface area contributed by atoms with E-state index in [1.54, 1.807) is 4.90 Å². The quantitative estimate of drug-likeness (QED) is 0.783. The Morgan fingerprint density at radius 2 is 1.89 bits per heavy atom. The highest BCUT2D eigenvalue weighted by Crippen LogP contribution is 2.35. The average Bonchev–Trinajstić information content (AvgIpc) is 2.65. The molecule has 1 aromatic rings. The SMILES string of the molecule is CN(C(=O)[C@@H]1CCCN(C(=O)OC(C)(C)C)C1)[C@@H]1CCCc2ccccc21. The summed E-state index contributed by atoms with van der Waals surface area (Å²) in [5.74, 6) is -0.00433. The number of rotatable bonds is 2. The topological polar surface area (TPSA) is 49.9 Å². The Labute approximate surface area is 162 Å². The standard InChI is InChI=1S/C22H32N2O3/c1-22(2,3)27-21(26)24-14-8-11-17(15-24)20(25)23(4)19-13-7-10-16-9-5-6-12-18(16)19/h5-6,9,12,17,19H,7-8,10-11,13-15H2,1-4H3/t17-,19-/m1/s1. The van der Waals surface area contributed by atoms with E-state index in [0.717, 1.165) is 32.1 Å². The fraction of sp³-hybridized carbons (Fsp3) is 0.636. The van der Waals surface area contributed by atoms with Crippen molar-refractivity contribution >= 4 is 12.0 Å². The van der Waals surface area contributed by atoms with Crippen LogP contribution in [-0.2, 0) is 16.0 Å². The van der Waals surface area contributed by atoms with Gasteiger partial charge in [0.25, 0.3) is 0 Å². The van der Waals surface area contributed by atoms with Crippen molar-refractivity contribution in [1.82, 2.24) is 9.80 Å². The maximum Gasteiger partial charge on any atom is 0.410 e. The highest BCUT2D eigenvalue weighted by Gasteiger charge is 2.35. The Balaban J connectivity index is 1.68. The van der Waals surface area contributed by atoms with Crippen LogP contribution in [0, 0.1) is 5.92 Å². The summed E-state index contributed by atoms with van der Waals surface area (Å²) in [5, 5.41) is 0. The van der Waals surface area contributed by atoms with E-state index in [2.05, 4.69) is 24.3 Å². The van der Waals surface area contributed by atoms with Gasteiger partial charge in [0, 0.05) is 20.1 Å². The first kappa shape index (κ1) is 19.7. The van der Waals surface area contributed by atoms with Crippen LogP contribution < -0.4 is 0 Å². The third-order valence-corrected chi connectivity index (χ3v) is 5.58. The molecule has 2 amide bonds. The molecule has 148 valence electrons. The van der Waals surface area contributed by atoms with Crippen molar-refractivity contribution in [1.29, 1.82) is 0 Å². The molecule has 1 aromatic carbocycles. The molecule has 2 aliphatic rings. The van der Waals surface area contributed by atoms with Gasteiger partial charge in [0.1, 0.15) is 5.60 Å². The van der Waals surface area contributed by atoms with Gasteiger partial charge >= 0.3 is 6.09 Å². The molecule has 2 atom stereocenters. The van der Waals surface area contributed by atoms with Crippen LogP contribution in [0.5, 0.6) is 0 Å². The number of piperidine rings is 1. The van der Waals surface area contributed by atoms with Crippen molar-refractivity contribution in [3.63, 3.8) is 0 Å². The van der Waals surface area contributed by atoms with Crippen molar-refractivity contribution < 1.29 is 14.3 Å². The summed E-state index contributed by atoms with van der Waals surface area (Å²) in [5.41, 5.74) is 2.11. The molecule has 1 fully saturated rings. The minimum Gasteiger partial charge on any atom is -0.444 e. The van der Waals surface area contributed by atoms with E-state index in [0.29, 0.717) is 13.1 Å². The lowest BCUT2D eigenvalue weighted by atomic mass is 9.86. The lowest BCUT2D eigenvalue weighted by Gasteiger charge is -2.38. The molecular formula is C22H32N2O3. The number of nitrogens with zero attached hydrogens (tertiary/aromatic N) is 2. The van der Waals surface area contributed by atoms with Gasteiger partial charge in [0.15, 0.2) is 0 Å². The fourth-order valence-electron chi connectivity index (χ4n) is 4.24. The van der Waals surface area contributed by atoms with E-state index < -0.39 is 5.60 Å². The first-order valence-electron chi connectivity index (χ1n) is 10.1. The fourth-order valence-corrected chi connectivity index (χ4v) is 4.24. The van der Waals surface area contributed by atoms with E-state index in [9.17, 15) is 9.59 Å². The number of ether oxygens (including phenoxy) is 1. The number of carbonyl (C=O) groups excluding carboxylic acids is 2. The monoisotopic (exact) mass is 372 g/mol. The van der Waals surface area contributed by atoms with Crippen LogP contribution in [0.15, 0.2) is 24.3 Å². The lowest BCUT2D eigenvalue weighted by molar-refractivity contribution is -0.138. The van der Waals surface area contributed by atoms with Crippen LogP contribution >= 0.6 is 0 Å². The molecular weight excluding hydrogens is 340 g/mol. The summed E-state index contributed by atoms with van der Waals surface area (Å²) in [7, 11) is 1.92. The van der Waals surface area contributed by atoms with Crippen LogP contribution in [-0.4, -0.2) is 47.5 Å². The van der Waals surface area contributed by atoms with Gasteiger partial charge in [0.05, 0.1) is 12.0 Å². The molecule has 1 heterocycles. The second-order valence-electron chi connectivity index (χ2n) is 8.82. The number of benzene rings is 1. The van der Waals surface area contributed by atoms with Crippen molar-refractivity contribution in [2.24, 2.45) is 5.92 Å². The zero-order valence-corrected chi connectivity index (χ0v) is 17.0. The molecule has 0 aromatic heterocycles. The summed E-state index contributed by atoms with van der Waals surface area (Å²) >= 11 is 0. The molecule has 0 bridgehead atoms. The summed E-state index contributed by atoms with van der Waals surface area (Å²) < 4.78 is 5.49. The Bertz CT molecular complexity index is 695. The van der Waals surface area contributed by atoms with E-state index in [4.69, 9.17) is 4.74 Å². The maximum atomic E-state index is 13.2. The van der Waals surface area contributed by atoms with Crippen LogP contribution in [0.1, 0.15) is 63.6 Å². The number of hydrogen-bond acceptors (Lipinski definition) is 3. The molecule has 3 rings (SSSR count). The molecule has 1 aliphatic carbocycles. The van der Waals surface area contributed by atoms with E-state index in [-0.39, 0.29) is 24.0 Å². The van der Waals surface area contributed by atoms with Crippen LogP contribution in [0.4, 0.5) is 4.79 Å². The highest BCUT2D eigenvalue weighted by atomic mass is 16.6. The Morgan fingerprint density at radius 3 is 2.63 bits per heavy atom. The number of amides is 2. The predicted molar refractivity (Wildman–Crippen MR) is 105 cm³/mol. The summed E-state index contributed by atoms with van der Waals surface area (Å²) in [6.07, 6.45) is 4.55. The minimum atomic E-state index is -0.517. The van der Waals surface area contributed by atoms with Crippen molar-refractivity contribution in [2.45, 2.75) is 64.5 Å². The molecule has 5 heteroatoms. The van der Waals surface area contributed by atoms with Gasteiger partial charge in [-0.1, -0.05) is 24.3 Å². The highest BCUT2D eigenvalue weighted by molar-refractivity contribution is 5.80. The smallest absolute Gasteiger partial charge is 0.410 e. The summed E-state index contributed by atoms with van der Waals surface area (Å²) in [6.45, 7) is 6.71. The van der Waals surface area contributed by atoms with Crippen LogP contribution in [0.25, 0.3) is 0 Å². The summed E-state index contributed by atoms with van der Waals surface area (Å²) in [4.78, 5) is 29.2. The van der Waals surface area contributed by atoms with E-state index in [1.165, 1.54) is 11.1 Å². The molecule has 0 spiro atoms. The Hall–Kier alpha value is -2.04. The van der Waals surface area contributed by atoms with Crippen LogP contribution in [0.3, 0.4) is 0 Å². The molecule has 1 saturated heterocycles. The number of carbonyl (C=O) groups is 2. The second-order valence-corrected chi connectivity index (χ2v) is 8.82. The van der Waals surface area contributed by atoms with Gasteiger partial charge in [-0.25, -0.2) is 4.79 Å². The molecule has 0 saturated carbocycles. The van der Waals surface area contributed by atoms with Crippen molar-refractivity contribution in [3.05, 3.63) is 35.4 Å². The third kappa shape index (κ3) is 4.63. The molecule has 0 radical (unpaired) electrons. The van der Waals surface area contributed by atoms with Gasteiger partial charge < -0.3 is 14.5 Å². The number of aryl methyl sites for hydroxylation is 1. The van der Waals surface area contributed by atoms with Crippen molar-refractivity contribution in [3.8, 4) is 0 Å². The average molecular weight is 373 g/mol. The number of likely N-dealkylation sites (tertiary alicyclic amines) is 1. The Kier molecular flexibility index (Phi) is 5.78. The van der Waals surface area contributed by atoms with Gasteiger partial charge in [-0.05, 0) is 64.0 Å². The predicted octanol–water partition coefficient (Wildman–Crippen LogP) is 4.17. The van der Waals surface area contributed by atoms with E-state index in [1.807, 2.05) is 32.7 Å². The van der Waals surface area contributed by atoms with Crippen LogP contribution in [0.2, 0.25) is 0 Å². The number of fused-ring (bicyclic) bond motifs is 1. The molecule has 1 aliphatic heterocycles. The van der Waals surface area contributed by atoms with Gasteiger partial charge in [-0.2, -0.15) is 0 Å². The summed E-state index contributed by atoms with van der Waals surface area (Å²) in [6, 6.07) is 8.59. The van der Waals surface area contributed by atoms with Gasteiger partial charge in [0.2, 0.25) is 5.91 Å². The Morgan fingerprint density at radius 1 is 1.15 bits per heavy atom. The third-order valence-electron chi connectivity index (χ3n) is 5.58. The first-order chi connectivity index (χ1) is 12.8. The molecule has 0 N–H and O–H groups in total. The zero-order valence-electron chi connectivity index (χ0n) is 17.0. The lowest BCUT2D eigenvalue weighted by Crippen LogP contribution is -2.48. The zero-order chi connectivity index (χ0) is 19.6. The van der Waals surface area contributed by atoms with Gasteiger partial charge in [-0.3, -0.25) is 4.79 Å².